The van der Waals surface area contributed by atoms with Gasteiger partial charge >= 0.3 is 0 Å². The molecule has 1 aromatic carbocycles. The van der Waals surface area contributed by atoms with Gasteiger partial charge in [0, 0.05) is 25.0 Å². The molecule has 154 valence electrons. The first-order chi connectivity index (χ1) is 14.2. The van der Waals surface area contributed by atoms with Crippen LogP contribution < -0.4 is 10.2 Å². The summed E-state index contributed by atoms with van der Waals surface area (Å²) < 4.78 is 0. The number of piperidine rings is 1. The summed E-state index contributed by atoms with van der Waals surface area (Å²) in [5.41, 5.74) is 3.39. The molecule has 29 heavy (non-hydrogen) atoms. The Morgan fingerprint density at radius 2 is 1.90 bits per heavy atom. The van der Waals surface area contributed by atoms with Gasteiger partial charge in [0.25, 0.3) is 0 Å². The summed E-state index contributed by atoms with van der Waals surface area (Å²) in [4.78, 5) is 21.5. The van der Waals surface area contributed by atoms with Crippen molar-refractivity contribution in [2.45, 2.75) is 38.5 Å². The molecule has 2 aliphatic rings. The molecule has 1 N–H and O–H groups in total. The van der Waals surface area contributed by atoms with Crippen molar-refractivity contribution in [1.29, 1.82) is 0 Å². The third-order valence-corrected chi connectivity index (χ3v) is 6.33. The lowest BCUT2D eigenvalue weighted by Crippen LogP contribution is -2.52. The van der Waals surface area contributed by atoms with Crippen molar-refractivity contribution in [3.8, 4) is 0 Å². The second-order valence-electron chi connectivity index (χ2n) is 8.39. The summed E-state index contributed by atoms with van der Waals surface area (Å²) in [6.45, 7) is 7.43. The number of anilines is 2. The Balaban J connectivity index is 1.23. The molecule has 3 heterocycles. The molecule has 5 heteroatoms. The highest BCUT2D eigenvalue weighted by Crippen LogP contribution is 2.29. The van der Waals surface area contributed by atoms with Crippen molar-refractivity contribution in [2.75, 3.05) is 42.9 Å². The highest BCUT2D eigenvalue weighted by Gasteiger charge is 2.33. The Hall–Kier alpha value is -2.40. The van der Waals surface area contributed by atoms with Crippen LogP contribution >= 0.6 is 0 Å². The maximum atomic E-state index is 12.5. The zero-order chi connectivity index (χ0) is 20.1. The van der Waals surface area contributed by atoms with Crippen LogP contribution in [0.1, 0.15) is 44.1 Å². The molecule has 1 aromatic heterocycles. The van der Waals surface area contributed by atoms with E-state index in [1.54, 1.807) is 6.20 Å². The van der Waals surface area contributed by atoms with Gasteiger partial charge < -0.3 is 15.1 Å². The first-order valence-electron chi connectivity index (χ1n) is 11.0. The second kappa shape index (κ2) is 9.40. The molecule has 0 aliphatic carbocycles. The van der Waals surface area contributed by atoms with Gasteiger partial charge in [0.1, 0.15) is 0 Å². The van der Waals surface area contributed by atoms with Crippen LogP contribution in [0.15, 0.2) is 48.8 Å². The average molecular weight is 393 g/mol. The summed E-state index contributed by atoms with van der Waals surface area (Å²) in [6, 6.07) is 12.5. The summed E-state index contributed by atoms with van der Waals surface area (Å²) >= 11 is 0. The molecule has 2 fully saturated rings. The van der Waals surface area contributed by atoms with Gasteiger partial charge in [-0.15, -0.1) is 0 Å². The van der Waals surface area contributed by atoms with Crippen molar-refractivity contribution < 1.29 is 4.79 Å². The monoisotopic (exact) mass is 392 g/mol. The van der Waals surface area contributed by atoms with Crippen molar-refractivity contribution >= 4 is 17.3 Å². The number of carbonyl (C=O) groups is 1. The average Bonchev–Trinajstić information content (AvgIpc) is 2.73. The quantitative estimate of drug-likeness (QED) is 0.769. The van der Waals surface area contributed by atoms with Gasteiger partial charge in [0.05, 0.1) is 17.8 Å². The molecule has 4 rings (SSSR count). The maximum Gasteiger partial charge on any atom is 0.231 e. The van der Waals surface area contributed by atoms with E-state index in [1.807, 2.05) is 18.3 Å². The fourth-order valence-corrected chi connectivity index (χ4v) is 4.35. The van der Waals surface area contributed by atoms with Crippen molar-refractivity contribution in [2.24, 2.45) is 5.92 Å². The summed E-state index contributed by atoms with van der Waals surface area (Å²) in [7, 11) is 0. The number of nitrogens with zero attached hydrogens (tertiary/aromatic N) is 3. The Bertz CT molecular complexity index is 778. The number of unbranched alkanes of at least 4 members (excludes halogenated alkanes) is 1. The number of hydrogen-bond acceptors (Lipinski definition) is 4. The van der Waals surface area contributed by atoms with Crippen LogP contribution in [0.4, 0.5) is 11.4 Å². The Kier molecular flexibility index (Phi) is 6.45. The number of nitrogens with one attached hydrogen (secondary N) is 1. The standard InChI is InChI=1S/C24H32N4O/c1-2-3-13-27-14-10-20(11-15-27)19-6-8-22(9-7-19)26-24(29)21-17-28(18-21)23-5-4-12-25-16-23/h4-9,12,16,20-21H,2-3,10-11,13-15,17-18H2,1H3,(H,26,29). The van der Waals surface area contributed by atoms with Crippen LogP contribution in [0.5, 0.6) is 0 Å². The Morgan fingerprint density at radius 1 is 1.14 bits per heavy atom. The van der Waals surface area contributed by atoms with Crippen molar-refractivity contribution in [3.05, 3.63) is 54.4 Å². The smallest absolute Gasteiger partial charge is 0.231 e. The molecule has 5 nitrogen and oxygen atoms in total. The van der Waals surface area contributed by atoms with Gasteiger partial charge in [-0.3, -0.25) is 9.78 Å². The zero-order valence-corrected chi connectivity index (χ0v) is 17.4. The third kappa shape index (κ3) is 4.96. The molecule has 0 unspecified atom stereocenters. The van der Waals surface area contributed by atoms with Gasteiger partial charge in [0.2, 0.25) is 5.91 Å². The molecule has 2 aromatic rings. The fraction of sp³-hybridized carbons (Fsp3) is 0.500. The highest BCUT2D eigenvalue weighted by molar-refractivity contribution is 5.94. The number of aromatic nitrogens is 1. The maximum absolute atomic E-state index is 12.5. The summed E-state index contributed by atoms with van der Waals surface area (Å²) in [6.07, 6.45) is 8.67. The number of benzene rings is 1. The van der Waals surface area contributed by atoms with E-state index in [2.05, 4.69) is 51.3 Å². The number of amides is 1. The lowest BCUT2D eigenvalue weighted by molar-refractivity contribution is -0.120. The van der Waals surface area contributed by atoms with E-state index >= 15 is 0 Å². The minimum absolute atomic E-state index is 0.0438. The van der Waals surface area contributed by atoms with E-state index < -0.39 is 0 Å². The third-order valence-electron chi connectivity index (χ3n) is 6.33. The lowest BCUT2D eigenvalue weighted by Gasteiger charge is -2.39. The number of carbonyl (C=O) groups excluding carboxylic acids is 1. The van der Waals surface area contributed by atoms with E-state index in [9.17, 15) is 4.79 Å². The number of hydrogen-bond donors (Lipinski definition) is 1. The minimum atomic E-state index is 0.0438. The number of rotatable bonds is 7. The van der Waals surface area contributed by atoms with E-state index in [0.717, 1.165) is 24.5 Å². The summed E-state index contributed by atoms with van der Waals surface area (Å²) in [5, 5.41) is 3.09. The molecule has 2 saturated heterocycles. The van der Waals surface area contributed by atoms with Gasteiger partial charge in [-0.2, -0.15) is 0 Å². The van der Waals surface area contributed by atoms with Crippen molar-refractivity contribution in [3.63, 3.8) is 0 Å². The molecule has 0 atom stereocenters. The molecule has 0 bridgehead atoms. The van der Waals surface area contributed by atoms with Gasteiger partial charge in [-0.25, -0.2) is 0 Å². The minimum Gasteiger partial charge on any atom is -0.369 e. The van der Waals surface area contributed by atoms with Crippen LogP contribution in [0.3, 0.4) is 0 Å². The molecule has 0 radical (unpaired) electrons. The molecule has 0 spiro atoms. The lowest BCUT2D eigenvalue weighted by atomic mass is 9.89. The molecular weight excluding hydrogens is 360 g/mol. The summed E-state index contributed by atoms with van der Waals surface area (Å²) in [5.74, 6) is 0.807. The van der Waals surface area contributed by atoms with E-state index in [4.69, 9.17) is 0 Å². The topological polar surface area (TPSA) is 48.5 Å². The first-order valence-corrected chi connectivity index (χ1v) is 11.0. The van der Waals surface area contributed by atoms with Gasteiger partial charge in [-0.1, -0.05) is 25.5 Å². The predicted octanol–water partition coefficient (Wildman–Crippen LogP) is 4.14. The number of likely N-dealkylation sites (tertiary alicyclic amines) is 1. The molecule has 2 aliphatic heterocycles. The van der Waals surface area contributed by atoms with Crippen LogP contribution in [0.2, 0.25) is 0 Å². The highest BCUT2D eigenvalue weighted by atomic mass is 16.2. The number of pyridine rings is 1. The van der Waals surface area contributed by atoms with Gasteiger partial charge in [0.15, 0.2) is 0 Å². The van der Waals surface area contributed by atoms with E-state index in [-0.39, 0.29) is 11.8 Å². The van der Waals surface area contributed by atoms with Crippen LogP contribution in [-0.4, -0.2) is 48.5 Å². The Morgan fingerprint density at radius 3 is 2.55 bits per heavy atom. The van der Waals surface area contributed by atoms with E-state index in [0.29, 0.717) is 5.92 Å². The van der Waals surface area contributed by atoms with E-state index in [1.165, 1.54) is 50.9 Å². The zero-order valence-electron chi connectivity index (χ0n) is 17.4. The van der Waals surface area contributed by atoms with Crippen LogP contribution in [-0.2, 0) is 4.79 Å². The SMILES string of the molecule is CCCCN1CCC(c2ccc(NC(=O)C3CN(c4cccnc4)C3)cc2)CC1. The first kappa shape index (κ1) is 19.9. The van der Waals surface area contributed by atoms with Crippen LogP contribution in [0.25, 0.3) is 0 Å². The second-order valence-corrected chi connectivity index (χ2v) is 8.39. The fourth-order valence-electron chi connectivity index (χ4n) is 4.35. The van der Waals surface area contributed by atoms with Gasteiger partial charge in [-0.05, 0) is 74.6 Å². The molecule has 0 saturated carbocycles. The van der Waals surface area contributed by atoms with Crippen molar-refractivity contribution in [1.82, 2.24) is 9.88 Å². The normalized spacial score (nSPS) is 18.4. The largest absolute Gasteiger partial charge is 0.369 e. The predicted molar refractivity (Wildman–Crippen MR) is 118 cm³/mol. The van der Waals surface area contributed by atoms with Crippen LogP contribution in [0, 0.1) is 5.92 Å². The molecule has 1 amide bonds. The Labute approximate surface area is 174 Å². The molecular formula is C24H32N4O.